The van der Waals surface area contributed by atoms with Crippen molar-refractivity contribution in [1.29, 1.82) is 0 Å². The van der Waals surface area contributed by atoms with E-state index in [1.807, 2.05) is 0 Å². The normalized spacial score (nSPS) is 13.8. The zero-order valence-corrected chi connectivity index (χ0v) is 12.5. The summed E-state index contributed by atoms with van der Waals surface area (Å²) in [7, 11) is 0. The average Bonchev–Trinajstić information content (AvgIpc) is 2.31. The average molecular weight is 283 g/mol. The summed E-state index contributed by atoms with van der Waals surface area (Å²) in [6.07, 6.45) is -0.701. The fraction of sp³-hybridized carbons (Fsp3) is 0.533. The second-order valence-electron chi connectivity index (χ2n) is 5.92. The highest BCUT2D eigenvalue weighted by molar-refractivity contribution is 5.85. The number of hydrogen-bond donors (Lipinski definition) is 2. The van der Waals surface area contributed by atoms with Crippen LogP contribution in [0.4, 0.5) is 4.39 Å². The van der Waals surface area contributed by atoms with Crippen molar-refractivity contribution in [1.82, 2.24) is 5.32 Å². The molecule has 0 spiro atoms. The molecule has 4 nitrogen and oxygen atoms in total. The Hall–Kier alpha value is -1.62. The van der Waals surface area contributed by atoms with Gasteiger partial charge in [0.05, 0.1) is 11.6 Å². The van der Waals surface area contributed by atoms with Gasteiger partial charge in [0.25, 0.3) is 5.91 Å². The van der Waals surface area contributed by atoms with Crippen molar-refractivity contribution in [2.24, 2.45) is 0 Å². The van der Waals surface area contributed by atoms with Gasteiger partial charge >= 0.3 is 0 Å². The van der Waals surface area contributed by atoms with Crippen LogP contribution >= 0.6 is 0 Å². The van der Waals surface area contributed by atoms with Gasteiger partial charge in [0.2, 0.25) is 0 Å². The topological polar surface area (TPSA) is 58.6 Å². The molecule has 5 heteroatoms. The summed E-state index contributed by atoms with van der Waals surface area (Å²) >= 11 is 0. The van der Waals surface area contributed by atoms with Crippen LogP contribution in [0, 0.1) is 5.82 Å². The molecule has 1 atom stereocenters. The Morgan fingerprint density at radius 3 is 2.20 bits per heavy atom. The van der Waals surface area contributed by atoms with E-state index in [2.05, 4.69) is 5.32 Å². The van der Waals surface area contributed by atoms with Crippen molar-refractivity contribution in [2.75, 3.05) is 0 Å². The Morgan fingerprint density at radius 2 is 1.75 bits per heavy atom. The molecule has 1 aromatic rings. The summed E-state index contributed by atoms with van der Waals surface area (Å²) in [6, 6.07) is 5.46. The van der Waals surface area contributed by atoms with Crippen LogP contribution in [-0.4, -0.2) is 28.3 Å². The first-order valence-electron chi connectivity index (χ1n) is 6.50. The molecular formula is C15H22FNO3. The maximum Gasteiger partial charge on any atom is 0.264 e. The highest BCUT2D eigenvalue weighted by Crippen LogP contribution is 2.20. The predicted molar refractivity (Wildman–Crippen MR) is 75.0 cm³/mol. The molecule has 0 saturated carbocycles. The Kier molecular flexibility index (Phi) is 4.76. The molecular weight excluding hydrogens is 261 g/mol. The van der Waals surface area contributed by atoms with Crippen molar-refractivity contribution >= 4 is 5.91 Å². The summed E-state index contributed by atoms with van der Waals surface area (Å²) in [4.78, 5) is 12.2. The Bertz CT molecular complexity index is 467. The van der Waals surface area contributed by atoms with E-state index in [0.717, 1.165) is 0 Å². The zero-order chi connectivity index (χ0) is 15.6. The molecule has 1 amide bonds. The molecule has 0 saturated heterocycles. The molecule has 112 valence electrons. The molecule has 0 aliphatic rings. The molecule has 1 rings (SSSR count). The molecule has 0 aliphatic carbocycles. The first-order chi connectivity index (χ1) is 9.04. The quantitative estimate of drug-likeness (QED) is 0.871. The van der Waals surface area contributed by atoms with Gasteiger partial charge in [-0.15, -0.1) is 0 Å². The van der Waals surface area contributed by atoms with Crippen LogP contribution in [0.25, 0.3) is 0 Å². The maximum atomic E-state index is 12.8. The SMILES string of the molecule is CC(O)C(C)(C)NC(=O)C(C)(C)Oc1ccc(F)cc1. The van der Waals surface area contributed by atoms with Gasteiger partial charge in [-0.25, -0.2) is 4.39 Å². The molecule has 1 unspecified atom stereocenters. The van der Waals surface area contributed by atoms with Crippen molar-refractivity contribution < 1.29 is 19.0 Å². The van der Waals surface area contributed by atoms with Crippen LogP contribution in [0.15, 0.2) is 24.3 Å². The van der Waals surface area contributed by atoms with Gasteiger partial charge in [0.15, 0.2) is 5.60 Å². The minimum Gasteiger partial charge on any atom is -0.478 e. The predicted octanol–water partition coefficient (Wildman–Crippen LogP) is 2.26. The number of rotatable bonds is 5. The number of aliphatic hydroxyl groups is 1. The molecule has 0 fully saturated rings. The van der Waals surface area contributed by atoms with E-state index in [1.54, 1.807) is 34.6 Å². The van der Waals surface area contributed by atoms with Gasteiger partial charge in [-0.05, 0) is 58.9 Å². The number of benzene rings is 1. The van der Waals surface area contributed by atoms with Gasteiger partial charge in [-0.3, -0.25) is 4.79 Å². The second kappa shape index (κ2) is 5.79. The van der Waals surface area contributed by atoms with Crippen molar-refractivity contribution in [2.45, 2.75) is 51.9 Å². The van der Waals surface area contributed by atoms with Crippen molar-refractivity contribution in [3.05, 3.63) is 30.1 Å². The first kappa shape index (κ1) is 16.4. The largest absolute Gasteiger partial charge is 0.478 e. The van der Waals surface area contributed by atoms with Crippen molar-refractivity contribution in [3.63, 3.8) is 0 Å². The van der Waals surface area contributed by atoms with E-state index < -0.39 is 17.2 Å². The Morgan fingerprint density at radius 1 is 1.25 bits per heavy atom. The number of carbonyl (C=O) groups is 1. The number of amides is 1. The third-order valence-electron chi connectivity index (χ3n) is 3.21. The molecule has 0 bridgehead atoms. The Labute approximate surface area is 119 Å². The minimum absolute atomic E-state index is 0.354. The third-order valence-corrected chi connectivity index (χ3v) is 3.21. The number of hydrogen-bond acceptors (Lipinski definition) is 3. The monoisotopic (exact) mass is 283 g/mol. The van der Waals surface area contributed by atoms with E-state index in [0.29, 0.717) is 5.75 Å². The third kappa shape index (κ3) is 4.20. The lowest BCUT2D eigenvalue weighted by Crippen LogP contribution is -2.57. The minimum atomic E-state index is -1.13. The molecule has 0 aliphatic heterocycles. The van der Waals surface area contributed by atoms with Crippen LogP contribution in [0.5, 0.6) is 5.75 Å². The molecule has 20 heavy (non-hydrogen) atoms. The van der Waals surface area contributed by atoms with Crippen molar-refractivity contribution in [3.8, 4) is 5.75 Å². The summed E-state index contributed by atoms with van der Waals surface area (Å²) in [5.41, 5.74) is -1.90. The standard InChI is InChI=1S/C15H22FNO3/c1-10(18)14(2,3)17-13(19)15(4,5)20-12-8-6-11(16)7-9-12/h6-10,18H,1-5H3,(H,17,19). The first-order valence-corrected chi connectivity index (χ1v) is 6.50. The van der Waals surface area contributed by atoms with E-state index in [1.165, 1.54) is 24.3 Å². The molecule has 0 aromatic heterocycles. The van der Waals surface area contributed by atoms with Crippen LogP contribution in [-0.2, 0) is 4.79 Å². The molecule has 2 N–H and O–H groups in total. The summed E-state index contributed by atoms with van der Waals surface area (Å²) in [5.74, 6) is -0.316. The summed E-state index contributed by atoms with van der Waals surface area (Å²) in [5, 5.41) is 12.4. The summed E-state index contributed by atoms with van der Waals surface area (Å²) in [6.45, 7) is 8.29. The lowest BCUT2D eigenvalue weighted by atomic mass is 9.96. The number of carbonyl (C=O) groups excluding carboxylic acids is 1. The molecule has 1 aromatic carbocycles. The van der Waals surface area contributed by atoms with Crippen LogP contribution in [0.1, 0.15) is 34.6 Å². The van der Waals surface area contributed by atoms with Gasteiger partial charge in [0.1, 0.15) is 11.6 Å². The maximum absolute atomic E-state index is 12.8. The van der Waals surface area contributed by atoms with Crippen LogP contribution < -0.4 is 10.1 Å². The van der Waals surface area contributed by atoms with Gasteiger partial charge < -0.3 is 15.2 Å². The number of ether oxygens (including phenoxy) is 1. The smallest absolute Gasteiger partial charge is 0.264 e. The molecule has 0 radical (unpaired) electrons. The number of nitrogens with one attached hydrogen (secondary N) is 1. The highest BCUT2D eigenvalue weighted by Gasteiger charge is 2.35. The summed E-state index contributed by atoms with van der Waals surface area (Å²) < 4.78 is 18.4. The van der Waals surface area contributed by atoms with Crippen LogP contribution in [0.3, 0.4) is 0 Å². The lowest BCUT2D eigenvalue weighted by Gasteiger charge is -2.34. The van der Waals surface area contributed by atoms with E-state index >= 15 is 0 Å². The Balaban J connectivity index is 2.77. The van der Waals surface area contributed by atoms with E-state index in [-0.39, 0.29) is 11.7 Å². The fourth-order valence-corrected chi connectivity index (χ4v) is 1.39. The van der Waals surface area contributed by atoms with Gasteiger partial charge in [0, 0.05) is 0 Å². The highest BCUT2D eigenvalue weighted by atomic mass is 19.1. The second-order valence-corrected chi connectivity index (χ2v) is 5.92. The van der Waals surface area contributed by atoms with E-state index in [9.17, 15) is 14.3 Å². The number of halogens is 1. The van der Waals surface area contributed by atoms with Gasteiger partial charge in [-0.2, -0.15) is 0 Å². The zero-order valence-electron chi connectivity index (χ0n) is 12.5. The van der Waals surface area contributed by atoms with E-state index in [4.69, 9.17) is 4.74 Å². The van der Waals surface area contributed by atoms with Gasteiger partial charge in [-0.1, -0.05) is 0 Å². The lowest BCUT2D eigenvalue weighted by molar-refractivity contribution is -0.137. The van der Waals surface area contributed by atoms with Crippen LogP contribution in [0.2, 0.25) is 0 Å². The fourth-order valence-electron chi connectivity index (χ4n) is 1.39. The molecule has 0 heterocycles. The number of aliphatic hydroxyl groups excluding tert-OH is 1.